The fourth-order valence-electron chi connectivity index (χ4n) is 1.28. The van der Waals surface area contributed by atoms with Crippen molar-refractivity contribution in [3.8, 4) is 35.5 Å². The lowest BCUT2D eigenvalue weighted by Gasteiger charge is -2.03. The summed E-state index contributed by atoms with van der Waals surface area (Å²) in [4.78, 5) is 0. The molecule has 94 valence electrons. The maximum absolute atomic E-state index is 9.61. The highest BCUT2D eigenvalue weighted by Crippen LogP contribution is 2.06. The predicted octanol–water partition coefficient (Wildman–Crippen LogP) is 3.07. The molecule has 0 aromatic heterocycles. The van der Waals surface area contributed by atoms with E-state index in [1.807, 2.05) is 6.08 Å². The van der Waals surface area contributed by atoms with Crippen molar-refractivity contribution in [1.82, 2.24) is 0 Å². The minimum absolute atomic E-state index is 0.411. The Morgan fingerprint density at radius 1 is 1.11 bits per heavy atom. The Kier molecular flexibility index (Phi) is 11.8. The summed E-state index contributed by atoms with van der Waals surface area (Å²) in [6, 6.07) is 0. The molecule has 0 rings (SSSR count). The molecule has 1 nitrogen and oxygen atoms in total. The molecule has 0 spiro atoms. The molecule has 0 saturated heterocycles. The largest absolute Gasteiger partial charge is 0.389 e. The molecule has 0 aromatic rings. The topological polar surface area (TPSA) is 20.2 Å². The van der Waals surface area contributed by atoms with E-state index in [1.54, 1.807) is 19.1 Å². The molecule has 0 aromatic carbocycles. The first-order valence-electron chi connectivity index (χ1n) is 6.19. The summed E-state index contributed by atoms with van der Waals surface area (Å²) in [5, 5.41) is 9.61. The van der Waals surface area contributed by atoms with Crippen molar-refractivity contribution in [2.45, 2.75) is 45.1 Å². The third-order valence-electron chi connectivity index (χ3n) is 2.19. The summed E-state index contributed by atoms with van der Waals surface area (Å²) in [7, 11) is 0. The number of hydrogen-bond acceptors (Lipinski definition) is 1. The van der Waals surface area contributed by atoms with Gasteiger partial charge >= 0.3 is 0 Å². The first-order chi connectivity index (χ1) is 8.81. The van der Waals surface area contributed by atoms with Crippen molar-refractivity contribution in [3.63, 3.8) is 0 Å². The number of rotatable bonds is 7. The third-order valence-corrected chi connectivity index (χ3v) is 2.19. The van der Waals surface area contributed by atoms with Gasteiger partial charge in [-0.05, 0) is 62.0 Å². The van der Waals surface area contributed by atoms with E-state index >= 15 is 0 Å². The number of unbranched alkanes of at least 4 members (excludes halogenated alkanes) is 3. The molecule has 0 aliphatic carbocycles. The highest BCUT2D eigenvalue weighted by atomic mass is 16.3. The molecule has 0 unspecified atom stereocenters. The van der Waals surface area contributed by atoms with Gasteiger partial charge in [0.2, 0.25) is 0 Å². The summed E-state index contributed by atoms with van der Waals surface area (Å²) >= 11 is 0. The van der Waals surface area contributed by atoms with Crippen LogP contribution in [0.1, 0.15) is 39.0 Å². The first kappa shape index (κ1) is 16.1. The van der Waals surface area contributed by atoms with Crippen molar-refractivity contribution in [3.05, 3.63) is 24.8 Å². The Balaban J connectivity index is 3.73. The zero-order valence-electron chi connectivity index (χ0n) is 11.0. The smallest absolute Gasteiger partial charge is 0.0730 e. The first-order valence-corrected chi connectivity index (χ1v) is 6.19. The van der Waals surface area contributed by atoms with E-state index in [0.717, 1.165) is 32.1 Å². The zero-order chi connectivity index (χ0) is 13.5. The van der Waals surface area contributed by atoms with Crippen LogP contribution in [0.3, 0.4) is 0 Å². The van der Waals surface area contributed by atoms with Crippen LogP contribution in [0.5, 0.6) is 0 Å². The average Bonchev–Trinajstić information content (AvgIpc) is 2.37. The number of allylic oxidation sites excluding steroid dienone is 2. The molecular formula is C17H20O. The van der Waals surface area contributed by atoms with Crippen LogP contribution in [0, 0.1) is 35.5 Å². The van der Waals surface area contributed by atoms with Crippen LogP contribution in [0.25, 0.3) is 0 Å². The molecule has 0 fully saturated rings. The number of aliphatic hydroxyl groups excluding tert-OH is 1. The fourth-order valence-corrected chi connectivity index (χ4v) is 1.28. The fraction of sp³-hybridized carbons (Fsp3) is 0.412. The van der Waals surface area contributed by atoms with E-state index in [0.29, 0.717) is 0 Å². The van der Waals surface area contributed by atoms with Crippen molar-refractivity contribution < 1.29 is 5.11 Å². The van der Waals surface area contributed by atoms with E-state index < -0.39 is 6.10 Å². The van der Waals surface area contributed by atoms with E-state index in [-0.39, 0.29) is 0 Å². The van der Waals surface area contributed by atoms with Crippen molar-refractivity contribution in [1.29, 1.82) is 0 Å². The van der Waals surface area contributed by atoms with E-state index in [4.69, 9.17) is 0 Å². The van der Waals surface area contributed by atoms with Gasteiger partial charge in [-0.1, -0.05) is 30.8 Å². The minimum atomic E-state index is -0.411. The van der Waals surface area contributed by atoms with E-state index in [2.05, 4.69) is 42.1 Å². The molecule has 1 heteroatoms. The lowest BCUT2D eigenvalue weighted by atomic mass is 10.1. The number of hydrogen-bond donors (Lipinski definition) is 1. The molecule has 0 amide bonds. The van der Waals surface area contributed by atoms with E-state index in [1.165, 1.54) is 0 Å². The van der Waals surface area contributed by atoms with Gasteiger partial charge in [0.1, 0.15) is 0 Å². The SMILES string of the molecule is C=CCCCCC[C@@H](O)/C=C/C#CC#CC#CC. The van der Waals surface area contributed by atoms with Gasteiger partial charge in [-0.25, -0.2) is 0 Å². The van der Waals surface area contributed by atoms with Crippen LogP contribution in [-0.4, -0.2) is 11.2 Å². The van der Waals surface area contributed by atoms with Crippen molar-refractivity contribution in [2.24, 2.45) is 0 Å². The van der Waals surface area contributed by atoms with Gasteiger partial charge in [0.05, 0.1) is 6.10 Å². The predicted molar refractivity (Wildman–Crippen MR) is 77.4 cm³/mol. The maximum atomic E-state index is 9.61. The molecule has 1 atom stereocenters. The van der Waals surface area contributed by atoms with Crippen LogP contribution in [0.2, 0.25) is 0 Å². The van der Waals surface area contributed by atoms with Crippen LogP contribution in [0.4, 0.5) is 0 Å². The van der Waals surface area contributed by atoms with Crippen molar-refractivity contribution >= 4 is 0 Å². The standard InChI is InChI=1S/C17H20O/c1-3-5-7-9-10-12-14-16-17(18)15-13-11-8-6-4-2/h4,14,16-18H,2,6,8,11,13,15H2,1H3/b16-14+/t17-/m1/s1. The second-order valence-corrected chi connectivity index (χ2v) is 3.75. The maximum Gasteiger partial charge on any atom is 0.0730 e. The van der Waals surface area contributed by atoms with Gasteiger partial charge < -0.3 is 5.11 Å². The summed E-state index contributed by atoms with van der Waals surface area (Å²) in [5.41, 5.74) is 0. The summed E-state index contributed by atoms with van der Waals surface area (Å²) < 4.78 is 0. The van der Waals surface area contributed by atoms with Gasteiger partial charge in [-0.15, -0.1) is 6.58 Å². The highest BCUT2D eigenvalue weighted by molar-refractivity contribution is 5.37. The van der Waals surface area contributed by atoms with Crippen molar-refractivity contribution in [2.75, 3.05) is 0 Å². The number of aliphatic hydroxyl groups is 1. The quantitative estimate of drug-likeness (QED) is 0.412. The summed E-state index contributed by atoms with van der Waals surface area (Å²) in [6.45, 7) is 5.40. The third kappa shape index (κ3) is 12.2. The summed E-state index contributed by atoms with van der Waals surface area (Å²) in [6.07, 6.45) is 9.99. The lowest BCUT2D eigenvalue weighted by molar-refractivity contribution is 0.208. The monoisotopic (exact) mass is 240 g/mol. The molecule has 0 saturated carbocycles. The molecule has 0 radical (unpaired) electrons. The normalized spacial score (nSPS) is 10.3. The summed E-state index contributed by atoms with van der Waals surface area (Å²) in [5.74, 6) is 15.8. The van der Waals surface area contributed by atoms with Crippen LogP contribution >= 0.6 is 0 Å². The second-order valence-electron chi connectivity index (χ2n) is 3.75. The Labute approximate surface area is 111 Å². The van der Waals surface area contributed by atoms with Gasteiger partial charge in [-0.3, -0.25) is 0 Å². The highest BCUT2D eigenvalue weighted by Gasteiger charge is 1.97. The molecule has 18 heavy (non-hydrogen) atoms. The lowest BCUT2D eigenvalue weighted by Crippen LogP contribution is -2.01. The zero-order valence-corrected chi connectivity index (χ0v) is 11.0. The molecule has 0 heterocycles. The Bertz CT molecular complexity index is 423. The Morgan fingerprint density at radius 3 is 2.61 bits per heavy atom. The molecule has 0 aliphatic heterocycles. The second kappa shape index (κ2) is 13.2. The van der Waals surface area contributed by atoms with Gasteiger partial charge in [0.25, 0.3) is 0 Å². The average molecular weight is 240 g/mol. The molecule has 0 aliphatic rings. The van der Waals surface area contributed by atoms with Gasteiger partial charge in [-0.2, -0.15) is 0 Å². The molecule has 0 bridgehead atoms. The minimum Gasteiger partial charge on any atom is -0.389 e. The molecular weight excluding hydrogens is 220 g/mol. The van der Waals surface area contributed by atoms with Gasteiger partial charge in [0, 0.05) is 0 Å². The van der Waals surface area contributed by atoms with Crippen LogP contribution < -0.4 is 0 Å². The van der Waals surface area contributed by atoms with Crippen LogP contribution in [-0.2, 0) is 0 Å². The molecule has 1 N–H and O–H groups in total. The van der Waals surface area contributed by atoms with E-state index in [9.17, 15) is 5.11 Å². The Hall–Kier alpha value is -1.88. The van der Waals surface area contributed by atoms with Crippen LogP contribution in [0.15, 0.2) is 24.8 Å². The Morgan fingerprint density at radius 2 is 1.89 bits per heavy atom. The van der Waals surface area contributed by atoms with Gasteiger partial charge in [0.15, 0.2) is 0 Å².